The first-order valence-corrected chi connectivity index (χ1v) is 12.6. The molecule has 4 aromatic carbocycles. The lowest BCUT2D eigenvalue weighted by Crippen LogP contribution is -2.61. The van der Waals surface area contributed by atoms with E-state index >= 15 is 0 Å². The Morgan fingerprint density at radius 3 is 2.33 bits per heavy atom. The van der Waals surface area contributed by atoms with Gasteiger partial charge in [-0.05, 0) is 75.3 Å². The molecule has 2 atom stereocenters. The minimum Gasteiger partial charge on any atom is -0.497 e. The van der Waals surface area contributed by atoms with Crippen molar-refractivity contribution in [1.82, 2.24) is 10.2 Å². The van der Waals surface area contributed by atoms with E-state index in [1.807, 2.05) is 6.07 Å². The van der Waals surface area contributed by atoms with E-state index in [1.165, 1.54) is 27.5 Å². The van der Waals surface area contributed by atoms with Crippen LogP contribution in [0.1, 0.15) is 35.6 Å². The molecule has 0 saturated carbocycles. The van der Waals surface area contributed by atoms with Gasteiger partial charge in [0.25, 0.3) is 0 Å². The van der Waals surface area contributed by atoms with Crippen molar-refractivity contribution in [2.75, 3.05) is 27.9 Å². The molecule has 0 amide bonds. The molecule has 1 fully saturated rings. The molecular formula is C30H33N3O3. The third-order valence-corrected chi connectivity index (χ3v) is 8.07. The molecule has 4 aromatic rings. The zero-order valence-electron chi connectivity index (χ0n) is 21.1. The van der Waals surface area contributed by atoms with Crippen molar-refractivity contribution in [2.24, 2.45) is 5.73 Å². The number of rotatable bonds is 6. The fourth-order valence-electron chi connectivity index (χ4n) is 6.28. The van der Waals surface area contributed by atoms with Gasteiger partial charge in [0.05, 0.1) is 33.0 Å². The third kappa shape index (κ3) is 3.52. The molecule has 2 heterocycles. The Balaban J connectivity index is 1.64. The van der Waals surface area contributed by atoms with Gasteiger partial charge >= 0.3 is 0 Å². The summed E-state index contributed by atoms with van der Waals surface area (Å²) in [5.74, 6) is 2.28. The number of methoxy groups -OCH3 is 3. The summed E-state index contributed by atoms with van der Waals surface area (Å²) in [7, 11) is 5.08. The van der Waals surface area contributed by atoms with Crippen LogP contribution in [-0.4, -0.2) is 38.4 Å². The first-order valence-electron chi connectivity index (χ1n) is 12.6. The lowest BCUT2D eigenvalue weighted by atomic mass is 9.79. The predicted octanol–water partition coefficient (Wildman–Crippen LogP) is 5.11. The van der Waals surface area contributed by atoms with Gasteiger partial charge in [-0.15, -0.1) is 0 Å². The van der Waals surface area contributed by atoms with E-state index in [-0.39, 0.29) is 6.04 Å². The molecule has 6 rings (SSSR count). The maximum atomic E-state index is 7.27. The Morgan fingerprint density at radius 2 is 1.61 bits per heavy atom. The SMILES string of the molecule is COc1ccc2c3c(c4cc(OC)c(OC)cc4c2c1)CN1CCC[C@@]1(N)C3NCc1ccccc1. The van der Waals surface area contributed by atoms with E-state index in [9.17, 15) is 0 Å². The van der Waals surface area contributed by atoms with Gasteiger partial charge < -0.3 is 25.3 Å². The van der Waals surface area contributed by atoms with E-state index in [0.29, 0.717) is 0 Å². The maximum Gasteiger partial charge on any atom is 0.161 e. The van der Waals surface area contributed by atoms with Crippen molar-refractivity contribution in [3.63, 3.8) is 0 Å². The molecule has 1 saturated heterocycles. The molecule has 1 unspecified atom stereocenters. The van der Waals surface area contributed by atoms with E-state index < -0.39 is 5.66 Å². The maximum absolute atomic E-state index is 7.27. The number of ether oxygens (including phenoxy) is 3. The summed E-state index contributed by atoms with van der Waals surface area (Å²) in [6, 6.07) is 21.1. The minimum atomic E-state index is -0.446. The molecule has 6 heteroatoms. The fourth-order valence-corrected chi connectivity index (χ4v) is 6.28. The van der Waals surface area contributed by atoms with Gasteiger partial charge in [-0.1, -0.05) is 36.4 Å². The topological polar surface area (TPSA) is 69.0 Å². The van der Waals surface area contributed by atoms with Crippen molar-refractivity contribution in [1.29, 1.82) is 0 Å². The summed E-state index contributed by atoms with van der Waals surface area (Å²) in [6.07, 6.45) is 2.05. The standard InChI is InChI=1S/C30H33N3O3/c1-34-20-10-11-21-22(14-20)23-15-26(35-2)27(36-3)16-24(23)25-18-33-13-7-12-30(33,31)29(28(21)25)32-17-19-8-5-4-6-9-19/h4-6,8-11,14-16,29,32H,7,12-13,17-18,31H2,1-3H3/t29?,30-/m0/s1. The Bertz CT molecular complexity index is 1440. The van der Waals surface area contributed by atoms with Crippen LogP contribution in [0.5, 0.6) is 17.2 Å². The molecular weight excluding hydrogens is 450 g/mol. The van der Waals surface area contributed by atoms with Gasteiger partial charge in [-0.2, -0.15) is 0 Å². The highest BCUT2D eigenvalue weighted by Crippen LogP contribution is 2.50. The second-order valence-electron chi connectivity index (χ2n) is 9.87. The lowest BCUT2D eigenvalue weighted by molar-refractivity contribution is 0.0739. The molecule has 0 aliphatic carbocycles. The van der Waals surface area contributed by atoms with Crippen LogP contribution in [0.15, 0.2) is 60.7 Å². The summed E-state index contributed by atoms with van der Waals surface area (Å²) in [5.41, 5.74) is 10.7. The van der Waals surface area contributed by atoms with Crippen molar-refractivity contribution in [3.05, 3.63) is 77.4 Å². The third-order valence-electron chi connectivity index (χ3n) is 8.07. The zero-order valence-corrected chi connectivity index (χ0v) is 21.1. The van der Waals surface area contributed by atoms with Crippen molar-refractivity contribution in [3.8, 4) is 17.2 Å². The average molecular weight is 484 g/mol. The van der Waals surface area contributed by atoms with Gasteiger partial charge in [0, 0.05) is 19.6 Å². The summed E-state index contributed by atoms with van der Waals surface area (Å²) >= 11 is 0. The number of nitrogens with zero attached hydrogens (tertiary/aromatic N) is 1. The highest BCUT2D eigenvalue weighted by atomic mass is 16.5. The summed E-state index contributed by atoms with van der Waals surface area (Å²) in [4.78, 5) is 2.46. The first kappa shape index (κ1) is 23.1. The second kappa shape index (κ2) is 8.96. The number of hydrogen-bond donors (Lipinski definition) is 2. The quantitative estimate of drug-likeness (QED) is 0.371. The smallest absolute Gasteiger partial charge is 0.161 e. The highest BCUT2D eigenvalue weighted by Gasteiger charge is 2.49. The average Bonchev–Trinajstić information content (AvgIpc) is 3.31. The van der Waals surface area contributed by atoms with Crippen LogP contribution in [0, 0.1) is 0 Å². The molecule has 2 aliphatic heterocycles. The number of benzene rings is 4. The summed E-state index contributed by atoms with van der Waals surface area (Å²) in [6.45, 7) is 2.55. The molecule has 0 bridgehead atoms. The van der Waals surface area contributed by atoms with Gasteiger partial charge in [0.2, 0.25) is 0 Å². The molecule has 6 nitrogen and oxygen atoms in total. The predicted molar refractivity (Wildman–Crippen MR) is 144 cm³/mol. The Hall–Kier alpha value is -3.32. The molecule has 36 heavy (non-hydrogen) atoms. The number of nitrogens with one attached hydrogen (secondary N) is 1. The normalized spacial score (nSPS) is 21.4. The Morgan fingerprint density at radius 1 is 0.889 bits per heavy atom. The Kier molecular flexibility index (Phi) is 5.75. The summed E-state index contributed by atoms with van der Waals surface area (Å²) < 4.78 is 17.0. The number of fused-ring (bicyclic) bond motifs is 7. The van der Waals surface area contributed by atoms with Crippen LogP contribution in [0.4, 0.5) is 0 Å². The first-order chi connectivity index (χ1) is 17.6. The largest absolute Gasteiger partial charge is 0.497 e. The molecule has 0 radical (unpaired) electrons. The second-order valence-corrected chi connectivity index (χ2v) is 9.87. The van der Waals surface area contributed by atoms with Gasteiger partial charge in [0.1, 0.15) is 5.75 Å². The van der Waals surface area contributed by atoms with E-state index in [2.05, 4.69) is 64.8 Å². The van der Waals surface area contributed by atoms with Gasteiger partial charge in [-0.25, -0.2) is 0 Å². The molecule has 3 N–H and O–H groups in total. The van der Waals surface area contributed by atoms with Gasteiger partial charge in [0.15, 0.2) is 11.5 Å². The summed E-state index contributed by atoms with van der Waals surface area (Å²) in [5, 5.41) is 8.52. The minimum absolute atomic E-state index is 0.0302. The molecule has 186 valence electrons. The number of hydrogen-bond acceptors (Lipinski definition) is 6. The van der Waals surface area contributed by atoms with Crippen LogP contribution in [0.3, 0.4) is 0 Å². The Labute approximate surface area is 211 Å². The van der Waals surface area contributed by atoms with E-state index in [4.69, 9.17) is 19.9 Å². The van der Waals surface area contributed by atoms with E-state index in [0.717, 1.165) is 60.5 Å². The van der Waals surface area contributed by atoms with E-state index in [1.54, 1.807) is 21.3 Å². The monoisotopic (exact) mass is 483 g/mol. The lowest BCUT2D eigenvalue weighted by Gasteiger charge is -2.47. The highest BCUT2D eigenvalue weighted by molar-refractivity contribution is 6.12. The van der Waals surface area contributed by atoms with Gasteiger partial charge in [-0.3, -0.25) is 4.90 Å². The van der Waals surface area contributed by atoms with Crippen molar-refractivity contribution in [2.45, 2.75) is 37.6 Å². The zero-order chi connectivity index (χ0) is 24.9. The molecule has 0 aromatic heterocycles. The van der Waals surface area contributed by atoms with Crippen LogP contribution >= 0.6 is 0 Å². The molecule has 0 spiro atoms. The van der Waals surface area contributed by atoms with Crippen molar-refractivity contribution < 1.29 is 14.2 Å². The fraction of sp³-hybridized carbons (Fsp3) is 0.333. The van der Waals surface area contributed by atoms with Crippen LogP contribution < -0.4 is 25.3 Å². The van der Waals surface area contributed by atoms with Crippen LogP contribution in [0.25, 0.3) is 21.5 Å². The number of nitrogens with two attached hydrogens (primary N) is 1. The van der Waals surface area contributed by atoms with Crippen LogP contribution in [0.2, 0.25) is 0 Å². The van der Waals surface area contributed by atoms with Crippen molar-refractivity contribution >= 4 is 21.5 Å². The van der Waals surface area contributed by atoms with Crippen LogP contribution in [-0.2, 0) is 13.1 Å². The molecule has 2 aliphatic rings.